The Morgan fingerprint density at radius 1 is 1.59 bits per heavy atom. The zero-order valence-corrected chi connectivity index (χ0v) is 10.4. The third kappa shape index (κ3) is 4.07. The van der Waals surface area contributed by atoms with Crippen LogP contribution in [-0.4, -0.2) is 35.4 Å². The van der Waals surface area contributed by atoms with Gasteiger partial charge in [-0.05, 0) is 20.3 Å². The van der Waals surface area contributed by atoms with Gasteiger partial charge in [0.05, 0.1) is 5.69 Å². The number of nitrogens with one attached hydrogen (secondary N) is 1. The van der Waals surface area contributed by atoms with E-state index < -0.39 is 0 Å². The Morgan fingerprint density at radius 3 is 2.94 bits per heavy atom. The standard InChI is InChI=1S/C11H20N4O2/c1-3-15-8-9(12)10(14-15)11(16)13-6-5-7-17-4-2/h8H,3-7,12H2,1-2H3,(H,13,16). The molecule has 3 N–H and O–H groups in total. The Kier molecular flexibility index (Phi) is 5.48. The lowest BCUT2D eigenvalue weighted by Crippen LogP contribution is -2.26. The monoisotopic (exact) mass is 240 g/mol. The van der Waals surface area contributed by atoms with Gasteiger partial charge in [0, 0.05) is 32.5 Å². The maximum absolute atomic E-state index is 11.7. The van der Waals surface area contributed by atoms with Gasteiger partial charge in [0.2, 0.25) is 0 Å². The summed E-state index contributed by atoms with van der Waals surface area (Å²) in [4.78, 5) is 11.7. The largest absolute Gasteiger partial charge is 0.396 e. The first-order chi connectivity index (χ1) is 8.19. The Balaban J connectivity index is 2.38. The molecule has 0 saturated carbocycles. The first-order valence-electron chi connectivity index (χ1n) is 5.87. The number of ether oxygens (including phenoxy) is 1. The van der Waals surface area contributed by atoms with Gasteiger partial charge in [-0.15, -0.1) is 0 Å². The molecule has 0 aliphatic carbocycles. The molecular formula is C11H20N4O2. The van der Waals surface area contributed by atoms with Crippen LogP contribution in [-0.2, 0) is 11.3 Å². The SMILES string of the molecule is CCOCCCNC(=O)c1nn(CC)cc1N. The van der Waals surface area contributed by atoms with E-state index in [1.807, 2.05) is 13.8 Å². The van der Waals surface area contributed by atoms with E-state index in [1.165, 1.54) is 0 Å². The van der Waals surface area contributed by atoms with Crippen LogP contribution < -0.4 is 11.1 Å². The number of rotatable bonds is 7. The molecule has 0 bridgehead atoms. The summed E-state index contributed by atoms with van der Waals surface area (Å²) in [6.07, 6.45) is 2.45. The summed E-state index contributed by atoms with van der Waals surface area (Å²) in [5.41, 5.74) is 6.41. The number of aromatic nitrogens is 2. The highest BCUT2D eigenvalue weighted by atomic mass is 16.5. The first kappa shape index (κ1) is 13.5. The van der Waals surface area contributed by atoms with Crippen LogP contribution in [0.25, 0.3) is 0 Å². The second-order valence-electron chi connectivity index (χ2n) is 3.60. The minimum absolute atomic E-state index is 0.230. The van der Waals surface area contributed by atoms with Gasteiger partial charge in [0.25, 0.3) is 5.91 Å². The van der Waals surface area contributed by atoms with Crippen molar-refractivity contribution in [1.29, 1.82) is 0 Å². The predicted molar refractivity (Wildman–Crippen MR) is 65.8 cm³/mol. The second kappa shape index (κ2) is 6.90. The third-order valence-corrected chi connectivity index (χ3v) is 2.28. The van der Waals surface area contributed by atoms with E-state index in [0.29, 0.717) is 37.7 Å². The number of aryl methyl sites for hydroxylation is 1. The summed E-state index contributed by atoms with van der Waals surface area (Å²) in [6.45, 7) is 6.49. The summed E-state index contributed by atoms with van der Waals surface area (Å²) in [7, 11) is 0. The molecular weight excluding hydrogens is 220 g/mol. The molecule has 6 heteroatoms. The van der Waals surface area contributed by atoms with E-state index in [-0.39, 0.29) is 5.91 Å². The van der Waals surface area contributed by atoms with Crippen LogP contribution in [0.5, 0.6) is 0 Å². The number of nitrogens with zero attached hydrogens (tertiary/aromatic N) is 2. The number of nitrogen functional groups attached to an aromatic ring is 1. The van der Waals surface area contributed by atoms with E-state index in [9.17, 15) is 4.79 Å². The van der Waals surface area contributed by atoms with Gasteiger partial charge < -0.3 is 15.8 Å². The zero-order valence-electron chi connectivity index (χ0n) is 10.4. The molecule has 1 aromatic rings. The van der Waals surface area contributed by atoms with Crippen molar-refractivity contribution in [1.82, 2.24) is 15.1 Å². The van der Waals surface area contributed by atoms with Gasteiger partial charge in [-0.1, -0.05) is 0 Å². The minimum Gasteiger partial charge on any atom is -0.396 e. The number of hydrogen-bond donors (Lipinski definition) is 2. The highest BCUT2D eigenvalue weighted by molar-refractivity contribution is 5.96. The van der Waals surface area contributed by atoms with Gasteiger partial charge >= 0.3 is 0 Å². The predicted octanol–water partition coefficient (Wildman–Crippen LogP) is 0.642. The van der Waals surface area contributed by atoms with Crippen LogP contribution in [0.1, 0.15) is 30.8 Å². The molecule has 96 valence electrons. The topological polar surface area (TPSA) is 82.2 Å². The van der Waals surface area contributed by atoms with Crippen molar-refractivity contribution < 1.29 is 9.53 Å². The van der Waals surface area contributed by atoms with Crippen molar-refractivity contribution in [3.8, 4) is 0 Å². The van der Waals surface area contributed by atoms with Crippen molar-refractivity contribution in [2.45, 2.75) is 26.8 Å². The average Bonchev–Trinajstić information content (AvgIpc) is 2.70. The molecule has 0 radical (unpaired) electrons. The fourth-order valence-electron chi connectivity index (χ4n) is 1.38. The number of anilines is 1. The van der Waals surface area contributed by atoms with E-state index in [4.69, 9.17) is 10.5 Å². The molecule has 1 amide bonds. The molecule has 1 heterocycles. The van der Waals surface area contributed by atoms with Crippen molar-refractivity contribution in [3.63, 3.8) is 0 Å². The molecule has 0 fully saturated rings. The van der Waals surface area contributed by atoms with Crippen molar-refractivity contribution in [3.05, 3.63) is 11.9 Å². The van der Waals surface area contributed by atoms with Crippen molar-refractivity contribution >= 4 is 11.6 Å². The Bertz CT molecular complexity index is 362. The molecule has 0 saturated heterocycles. The molecule has 0 aliphatic heterocycles. The molecule has 0 unspecified atom stereocenters. The lowest BCUT2D eigenvalue weighted by Gasteiger charge is -2.03. The third-order valence-electron chi connectivity index (χ3n) is 2.28. The van der Waals surface area contributed by atoms with Crippen molar-refractivity contribution in [2.75, 3.05) is 25.5 Å². The fraction of sp³-hybridized carbons (Fsp3) is 0.636. The Labute approximate surface area is 101 Å². The van der Waals surface area contributed by atoms with Crippen molar-refractivity contribution in [2.24, 2.45) is 0 Å². The number of nitrogens with two attached hydrogens (primary N) is 1. The van der Waals surface area contributed by atoms with Gasteiger partial charge in [0.15, 0.2) is 5.69 Å². The number of hydrogen-bond acceptors (Lipinski definition) is 4. The van der Waals surface area contributed by atoms with Gasteiger partial charge in [-0.25, -0.2) is 0 Å². The molecule has 6 nitrogen and oxygen atoms in total. The molecule has 0 spiro atoms. The number of amides is 1. The van der Waals surface area contributed by atoms with Gasteiger partial charge in [-0.3, -0.25) is 9.48 Å². The maximum Gasteiger partial charge on any atom is 0.273 e. The number of carbonyl (C=O) groups excluding carboxylic acids is 1. The number of carbonyl (C=O) groups is 1. The highest BCUT2D eigenvalue weighted by Gasteiger charge is 2.13. The quantitative estimate of drug-likeness (QED) is 0.685. The summed E-state index contributed by atoms with van der Waals surface area (Å²) >= 11 is 0. The maximum atomic E-state index is 11.7. The highest BCUT2D eigenvalue weighted by Crippen LogP contribution is 2.08. The van der Waals surface area contributed by atoms with E-state index in [1.54, 1.807) is 10.9 Å². The first-order valence-corrected chi connectivity index (χ1v) is 5.87. The lowest BCUT2D eigenvalue weighted by atomic mass is 10.3. The van der Waals surface area contributed by atoms with Crippen LogP contribution in [0.3, 0.4) is 0 Å². The Morgan fingerprint density at radius 2 is 2.35 bits per heavy atom. The van der Waals surface area contributed by atoms with Crippen LogP contribution in [0.15, 0.2) is 6.20 Å². The van der Waals surface area contributed by atoms with E-state index >= 15 is 0 Å². The summed E-state index contributed by atoms with van der Waals surface area (Å²) in [5, 5.41) is 6.85. The van der Waals surface area contributed by atoms with Gasteiger partial charge in [0.1, 0.15) is 0 Å². The zero-order chi connectivity index (χ0) is 12.7. The minimum atomic E-state index is -0.230. The molecule has 17 heavy (non-hydrogen) atoms. The fourth-order valence-corrected chi connectivity index (χ4v) is 1.38. The lowest BCUT2D eigenvalue weighted by molar-refractivity contribution is 0.0939. The Hall–Kier alpha value is -1.56. The van der Waals surface area contributed by atoms with Crippen LogP contribution in [0.2, 0.25) is 0 Å². The summed E-state index contributed by atoms with van der Waals surface area (Å²) in [5.74, 6) is -0.230. The van der Waals surface area contributed by atoms with Crippen LogP contribution in [0, 0.1) is 0 Å². The van der Waals surface area contributed by atoms with Crippen LogP contribution >= 0.6 is 0 Å². The van der Waals surface area contributed by atoms with E-state index in [0.717, 1.165) is 6.42 Å². The smallest absolute Gasteiger partial charge is 0.273 e. The molecule has 1 aromatic heterocycles. The summed E-state index contributed by atoms with van der Waals surface area (Å²) in [6, 6.07) is 0. The average molecular weight is 240 g/mol. The normalized spacial score (nSPS) is 10.5. The van der Waals surface area contributed by atoms with Crippen LogP contribution in [0.4, 0.5) is 5.69 Å². The molecule has 1 rings (SSSR count). The van der Waals surface area contributed by atoms with E-state index in [2.05, 4.69) is 10.4 Å². The second-order valence-corrected chi connectivity index (χ2v) is 3.60. The van der Waals surface area contributed by atoms with Gasteiger partial charge in [-0.2, -0.15) is 5.10 Å². The summed E-state index contributed by atoms with van der Waals surface area (Å²) < 4.78 is 6.81. The molecule has 0 atom stereocenters. The molecule has 0 aromatic carbocycles. The molecule has 0 aliphatic rings.